The molecule has 0 bridgehead atoms. The maximum absolute atomic E-state index is 9.13. The second-order valence-corrected chi connectivity index (χ2v) is 5.47. The first kappa shape index (κ1) is 13.3. The van der Waals surface area contributed by atoms with Crippen molar-refractivity contribution in [3.05, 3.63) is 33.8 Å². The van der Waals surface area contributed by atoms with E-state index in [0.29, 0.717) is 10.0 Å². The van der Waals surface area contributed by atoms with Crippen molar-refractivity contribution in [1.82, 2.24) is 5.32 Å². The van der Waals surface area contributed by atoms with Gasteiger partial charge in [-0.3, -0.25) is 5.32 Å². The lowest BCUT2D eigenvalue weighted by molar-refractivity contribution is 0.400. The summed E-state index contributed by atoms with van der Waals surface area (Å²) in [6.07, 6.45) is 0. The van der Waals surface area contributed by atoms with Gasteiger partial charge in [0.15, 0.2) is 0 Å². The molecule has 0 saturated heterocycles. The lowest BCUT2D eigenvalue weighted by atomic mass is 10.0. The summed E-state index contributed by atoms with van der Waals surface area (Å²) in [7, 11) is 0. The predicted molar refractivity (Wildman–Crippen MR) is 67.7 cm³/mol. The summed E-state index contributed by atoms with van der Waals surface area (Å²) in [6, 6.07) is 6.93. The molecule has 0 saturated carbocycles. The quantitative estimate of drug-likeness (QED) is 0.870. The Morgan fingerprint density at radius 1 is 1.31 bits per heavy atom. The van der Waals surface area contributed by atoms with Gasteiger partial charge in [-0.1, -0.05) is 29.3 Å². The molecule has 2 nitrogen and oxygen atoms in total. The van der Waals surface area contributed by atoms with Gasteiger partial charge in [-0.2, -0.15) is 5.26 Å². The molecular formula is C12H14Cl2N2. The van der Waals surface area contributed by atoms with Crippen LogP contribution in [-0.2, 0) is 0 Å². The maximum Gasteiger partial charge on any atom is 0.123 e. The Bertz CT molecular complexity index is 416. The van der Waals surface area contributed by atoms with Crippen LogP contribution in [0.25, 0.3) is 0 Å². The predicted octanol–water partition coefficient (Wildman–Crippen LogP) is 3.95. The van der Waals surface area contributed by atoms with Gasteiger partial charge in [0.2, 0.25) is 0 Å². The van der Waals surface area contributed by atoms with E-state index in [4.69, 9.17) is 28.5 Å². The fourth-order valence-electron chi connectivity index (χ4n) is 1.35. The van der Waals surface area contributed by atoms with Crippen LogP contribution in [0.15, 0.2) is 18.2 Å². The van der Waals surface area contributed by atoms with Gasteiger partial charge in [0.05, 0.1) is 6.07 Å². The molecule has 86 valence electrons. The van der Waals surface area contributed by atoms with Crippen molar-refractivity contribution in [3.63, 3.8) is 0 Å². The first-order valence-corrected chi connectivity index (χ1v) is 5.71. The smallest absolute Gasteiger partial charge is 0.123 e. The molecule has 1 aromatic rings. The Morgan fingerprint density at radius 3 is 2.38 bits per heavy atom. The van der Waals surface area contributed by atoms with Gasteiger partial charge in [0, 0.05) is 21.1 Å². The fourth-order valence-corrected chi connectivity index (χ4v) is 1.87. The number of rotatable bonds is 2. The van der Waals surface area contributed by atoms with E-state index in [1.807, 2.05) is 20.8 Å². The van der Waals surface area contributed by atoms with Crippen LogP contribution in [0.4, 0.5) is 0 Å². The zero-order chi connectivity index (χ0) is 12.3. The van der Waals surface area contributed by atoms with E-state index in [0.717, 1.165) is 5.56 Å². The Morgan fingerprint density at radius 2 is 1.94 bits per heavy atom. The largest absolute Gasteiger partial charge is 0.293 e. The Balaban J connectivity index is 3.01. The molecule has 0 aliphatic rings. The highest BCUT2D eigenvalue weighted by atomic mass is 35.5. The second-order valence-electron chi connectivity index (χ2n) is 4.62. The van der Waals surface area contributed by atoms with Gasteiger partial charge in [0.25, 0.3) is 0 Å². The van der Waals surface area contributed by atoms with Gasteiger partial charge < -0.3 is 0 Å². The van der Waals surface area contributed by atoms with Gasteiger partial charge >= 0.3 is 0 Å². The molecule has 16 heavy (non-hydrogen) atoms. The third-order valence-electron chi connectivity index (χ3n) is 1.98. The molecule has 4 heteroatoms. The molecule has 0 radical (unpaired) electrons. The monoisotopic (exact) mass is 256 g/mol. The SMILES string of the molecule is CC(C)(C)NC(C#N)c1ccc(Cl)cc1Cl. The van der Waals surface area contributed by atoms with Crippen LogP contribution in [0.3, 0.4) is 0 Å². The van der Waals surface area contributed by atoms with Gasteiger partial charge in [0.1, 0.15) is 6.04 Å². The molecular weight excluding hydrogens is 243 g/mol. The van der Waals surface area contributed by atoms with Gasteiger partial charge in [-0.15, -0.1) is 0 Å². The minimum absolute atomic E-state index is 0.149. The van der Waals surface area contributed by atoms with Crippen LogP contribution in [0.2, 0.25) is 10.0 Å². The number of nitriles is 1. The average molecular weight is 257 g/mol. The molecule has 0 fully saturated rings. The lowest BCUT2D eigenvalue weighted by Crippen LogP contribution is -2.38. The third-order valence-corrected chi connectivity index (χ3v) is 2.54. The summed E-state index contributed by atoms with van der Waals surface area (Å²) < 4.78 is 0. The second kappa shape index (κ2) is 5.05. The molecule has 0 spiro atoms. The summed E-state index contributed by atoms with van der Waals surface area (Å²) in [5, 5.41) is 13.4. The Kier molecular flexibility index (Phi) is 4.21. The van der Waals surface area contributed by atoms with Crippen molar-refractivity contribution in [1.29, 1.82) is 5.26 Å². The summed E-state index contributed by atoms with van der Waals surface area (Å²) in [4.78, 5) is 0. The third kappa shape index (κ3) is 3.68. The molecule has 1 rings (SSSR count). The van der Waals surface area contributed by atoms with Gasteiger partial charge in [-0.25, -0.2) is 0 Å². The van der Waals surface area contributed by atoms with Crippen molar-refractivity contribution >= 4 is 23.2 Å². The maximum atomic E-state index is 9.13. The summed E-state index contributed by atoms with van der Waals surface area (Å²) in [5.74, 6) is 0. The van der Waals surface area contributed by atoms with E-state index in [1.54, 1.807) is 18.2 Å². The topological polar surface area (TPSA) is 35.8 Å². The van der Waals surface area contributed by atoms with Gasteiger partial charge in [-0.05, 0) is 32.9 Å². The zero-order valence-electron chi connectivity index (χ0n) is 9.51. The summed E-state index contributed by atoms with van der Waals surface area (Å²) in [6.45, 7) is 6.00. The minimum Gasteiger partial charge on any atom is -0.293 e. The molecule has 0 heterocycles. The van der Waals surface area contributed by atoms with Crippen LogP contribution >= 0.6 is 23.2 Å². The van der Waals surface area contributed by atoms with E-state index in [9.17, 15) is 0 Å². The van der Waals surface area contributed by atoms with Crippen LogP contribution in [0, 0.1) is 11.3 Å². The minimum atomic E-state index is -0.426. The van der Waals surface area contributed by atoms with Crippen molar-refractivity contribution in [2.75, 3.05) is 0 Å². The fraction of sp³-hybridized carbons (Fsp3) is 0.417. The highest BCUT2D eigenvalue weighted by molar-refractivity contribution is 6.35. The van der Waals surface area contributed by atoms with Crippen molar-refractivity contribution in [2.45, 2.75) is 32.4 Å². The van der Waals surface area contributed by atoms with E-state index in [-0.39, 0.29) is 5.54 Å². The number of nitrogens with zero attached hydrogens (tertiary/aromatic N) is 1. The highest BCUT2D eigenvalue weighted by Gasteiger charge is 2.20. The normalized spacial score (nSPS) is 13.2. The molecule has 1 unspecified atom stereocenters. The number of halogens is 2. The molecule has 1 atom stereocenters. The van der Waals surface area contributed by atoms with Crippen LogP contribution in [0.1, 0.15) is 32.4 Å². The number of benzene rings is 1. The van der Waals surface area contributed by atoms with Crippen molar-refractivity contribution in [3.8, 4) is 6.07 Å². The molecule has 1 aromatic carbocycles. The zero-order valence-corrected chi connectivity index (χ0v) is 11.0. The molecule has 1 N–H and O–H groups in total. The van der Waals surface area contributed by atoms with E-state index >= 15 is 0 Å². The lowest BCUT2D eigenvalue weighted by Gasteiger charge is -2.25. The molecule has 0 aliphatic heterocycles. The number of hydrogen-bond donors (Lipinski definition) is 1. The Hall–Kier alpha value is -0.750. The molecule has 0 aliphatic carbocycles. The molecule has 0 aromatic heterocycles. The van der Waals surface area contributed by atoms with E-state index in [2.05, 4.69) is 11.4 Å². The van der Waals surface area contributed by atoms with Crippen LogP contribution in [0.5, 0.6) is 0 Å². The molecule has 0 amide bonds. The first-order chi connectivity index (χ1) is 7.33. The average Bonchev–Trinajstić information content (AvgIpc) is 2.13. The van der Waals surface area contributed by atoms with Crippen molar-refractivity contribution in [2.24, 2.45) is 0 Å². The first-order valence-electron chi connectivity index (χ1n) is 4.96. The Labute approximate surface area is 106 Å². The summed E-state index contributed by atoms with van der Waals surface area (Å²) >= 11 is 11.9. The van der Waals surface area contributed by atoms with E-state index < -0.39 is 6.04 Å². The number of nitrogens with one attached hydrogen (secondary N) is 1. The number of hydrogen-bond acceptors (Lipinski definition) is 2. The van der Waals surface area contributed by atoms with Crippen LogP contribution < -0.4 is 5.32 Å². The highest BCUT2D eigenvalue weighted by Crippen LogP contribution is 2.27. The standard InChI is InChI=1S/C12H14Cl2N2/c1-12(2,3)16-11(7-15)9-5-4-8(13)6-10(9)14/h4-6,11,16H,1-3H3. The van der Waals surface area contributed by atoms with Crippen molar-refractivity contribution < 1.29 is 0 Å². The van der Waals surface area contributed by atoms with Crippen LogP contribution in [-0.4, -0.2) is 5.54 Å². The summed E-state index contributed by atoms with van der Waals surface area (Å²) in [5.41, 5.74) is 0.604. The van der Waals surface area contributed by atoms with E-state index in [1.165, 1.54) is 0 Å².